The lowest BCUT2D eigenvalue weighted by atomic mass is 10.1. The molecule has 0 aliphatic carbocycles. The molecule has 1 aromatic rings. The average molecular weight is 343 g/mol. The third kappa shape index (κ3) is 4.89. The second kappa shape index (κ2) is 6.47. The molecule has 0 saturated carbocycles. The molecule has 2 nitrogen and oxygen atoms in total. The molecular formula is C11H10BrF3O2S. The van der Waals surface area contributed by atoms with Crippen molar-refractivity contribution in [2.24, 2.45) is 0 Å². The van der Waals surface area contributed by atoms with E-state index < -0.39 is 6.36 Å². The predicted octanol–water partition coefficient (Wildman–Crippen LogP) is 3.81. The van der Waals surface area contributed by atoms with Gasteiger partial charge in [0.15, 0.2) is 0 Å². The fourth-order valence-electron chi connectivity index (χ4n) is 1.31. The van der Waals surface area contributed by atoms with Crippen molar-refractivity contribution >= 4 is 33.5 Å². The molecule has 0 aliphatic heterocycles. The van der Waals surface area contributed by atoms with Crippen LogP contribution in [0.15, 0.2) is 23.1 Å². The van der Waals surface area contributed by atoms with Crippen LogP contribution in [0.25, 0.3) is 0 Å². The average Bonchev–Trinajstić information content (AvgIpc) is 2.27. The first-order chi connectivity index (χ1) is 8.35. The Labute approximate surface area is 115 Å². The number of ketones is 1. The van der Waals surface area contributed by atoms with Crippen molar-refractivity contribution < 1.29 is 22.7 Å². The highest BCUT2D eigenvalue weighted by Gasteiger charge is 2.32. The van der Waals surface area contributed by atoms with Crippen LogP contribution in [0, 0.1) is 0 Å². The summed E-state index contributed by atoms with van der Waals surface area (Å²) in [6.07, 6.45) is -3.00. The minimum atomic E-state index is -4.73. The minimum absolute atomic E-state index is 0.0775. The quantitative estimate of drug-likeness (QED) is 0.601. The fourth-order valence-corrected chi connectivity index (χ4v) is 2.01. The van der Waals surface area contributed by atoms with Crippen molar-refractivity contribution in [2.45, 2.75) is 17.7 Å². The van der Waals surface area contributed by atoms with Crippen LogP contribution in [0.1, 0.15) is 5.56 Å². The van der Waals surface area contributed by atoms with Crippen molar-refractivity contribution in [3.63, 3.8) is 0 Å². The van der Waals surface area contributed by atoms with Crippen LogP contribution in [0.3, 0.4) is 0 Å². The molecule has 0 aromatic heterocycles. The molecule has 0 aliphatic rings. The van der Waals surface area contributed by atoms with E-state index in [1.165, 1.54) is 12.1 Å². The fraction of sp³-hybridized carbons (Fsp3) is 0.364. The van der Waals surface area contributed by atoms with E-state index >= 15 is 0 Å². The zero-order valence-electron chi connectivity index (χ0n) is 9.38. The highest BCUT2D eigenvalue weighted by Crippen LogP contribution is 2.33. The standard InChI is InChI=1S/C11H10BrF3O2S/c1-18-10-3-2-7(4-8(16)6-12)5-9(10)17-11(13,14)15/h2-3,5H,4,6H2,1H3. The van der Waals surface area contributed by atoms with E-state index in [4.69, 9.17) is 0 Å². The van der Waals surface area contributed by atoms with Gasteiger partial charge in [-0.3, -0.25) is 4.79 Å². The Morgan fingerprint density at radius 1 is 1.44 bits per heavy atom. The number of carbonyl (C=O) groups excluding carboxylic acids is 1. The highest BCUT2D eigenvalue weighted by molar-refractivity contribution is 9.09. The summed E-state index contributed by atoms with van der Waals surface area (Å²) in [4.78, 5) is 11.6. The van der Waals surface area contributed by atoms with Crippen LogP contribution in [0.5, 0.6) is 5.75 Å². The Balaban J connectivity index is 2.98. The number of ether oxygens (including phenoxy) is 1. The molecule has 0 fully saturated rings. The van der Waals surface area contributed by atoms with Crippen LogP contribution >= 0.6 is 27.7 Å². The molecule has 0 unspecified atom stereocenters. The maximum atomic E-state index is 12.2. The molecule has 0 heterocycles. The maximum absolute atomic E-state index is 12.2. The SMILES string of the molecule is CSc1ccc(CC(=O)CBr)cc1OC(F)(F)F. The molecule has 0 saturated heterocycles. The number of halogens is 4. The Morgan fingerprint density at radius 3 is 2.61 bits per heavy atom. The smallest absolute Gasteiger partial charge is 0.405 e. The van der Waals surface area contributed by atoms with Gasteiger partial charge in [-0.05, 0) is 24.0 Å². The summed E-state index contributed by atoms with van der Waals surface area (Å²) in [5.74, 6) is -0.375. The molecule has 100 valence electrons. The summed E-state index contributed by atoms with van der Waals surface area (Å²) in [6, 6.07) is 4.39. The molecule has 0 amide bonds. The first kappa shape index (κ1) is 15.4. The molecule has 7 heteroatoms. The number of rotatable bonds is 5. The third-order valence-electron chi connectivity index (χ3n) is 2.00. The number of hydrogen-bond donors (Lipinski definition) is 0. The van der Waals surface area contributed by atoms with Gasteiger partial charge in [0.1, 0.15) is 11.5 Å². The van der Waals surface area contributed by atoms with Gasteiger partial charge in [0.2, 0.25) is 0 Å². The molecule has 0 radical (unpaired) electrons. The zero-order chi connectivity index (χ0) is 13.8. The second-order valence-electron chi connectivity index (χ2n) is 3.38. The van der Waals surface area contributed by atoms with Gasteiger partial charge < -0.3 is 4.74 Å². The summed E-state index contributed by atoms with van der Waals surface area (Å²) < 4.78 is 40.6. The van der Waals surface area contributed by atoms with Gasteiger partial charge in [-0.25, -0.2) is 0 Å². The topological polar surface area (TPSA) is 26.3 Å². The van der Waals surface area contributed by atoms with E-state index in [2.05, 4.69) is 20.7 Å². The predicted molar refractivity (Wildman–Crippen MR) is 67.4 cm³/mol. The van der Waals surface area contributed by atoms with E-state index in [9.17, 15) is 18.0 Å². The monoisotopic (exact) mass is 342 g/mol. The lowest BCUT2D eigenvalue weighted by Crippen LogP contribution is -2.18. The molecule has 0 N–H and O–H groups in total. The van der Waals surface area contributed by atoms with Gasteiger partial charge in [-0.15, -0.1) is 24.9 Å². The molecule has 18 heavy (non-hydrogen) atoms. The number of carbonyl (C=O) groups is 1. The van der Waals surface area contributed by atoms with Gasteiger partial charge in [0, 0.05) is 11.3 Å². The second-order valence-corrected chi connectivity index (χ2v) is 4.79. The Kier molecular flexibility index (Phi) is 5.52. The van der Waals surface area contributed by atoms with E-state index in [1.807, 2.05) is 0 Å². The van der Waals surface area contributed by atoms with Crippen molar-refractivity contribution in [1.29, 1.82) is 0 Å². The van der Waals surface area contributed by atoms with Crippen LogP contribution < -0.4 is 4.74 Å². The summed E-state index contributed by atoms with van der Waals surface area (Å²) in [7, 11) is 0. The van der Waals surface area contributed by atoms with Crippen molar-refractivity contribution in [3.05, 3.63) is 23.8 Å². The van der Waals surface area contributed by atoms with Crippen LogP contribution in [0.4, 0.5) is 13.2 Å². The summed E-state index contributed by atoms with van der Waals surface area (Å²) >= 11 is 4.15. The van der Waals surface area contributed by atoms with Gasteiger partial charge >= 0.3 is 6.36 Å². The first-order valence-corrected chi connectivity index (χ1v) is 7.20. The normalized spacial score (nSPS) is 11.4. The van der Waals surface area contributed by atoms with Gasteiger partial charge in [0.05, 0.1) is 5.33 Å². The summed E-state index contributed by atoms with van der Waals surface area (Å²) in [6.45, 7) is 0. The van der Waals surface area contributed by atoms with Crippen molar-refractivity contribution in [1.82, 2.24) is 0 Å². The molecular weight excluding hydrogens is 333 g/mol. The minimum Gasteiger partial charge on any atom is -0.405 e. The zero-order valence-corrected chi connectivity index (χ0v) is 11.8. The Hall–Kier alpha value is -0.690. The number of benzene rings is 1. The van der Waals surface area contributed by atoms with Gasteiger partial charge in [0.25, 0.3) is 0 Å². The van der Waals surface area contributed by atoms with E-state index in [-0.39, 0.29) is 23.3 Å². The third-order valence-corrected chi connectivity index (χ3v) is 3.41. The molecule has 0 bridgehead atoms. The number of alkyl halides is 4. The number of hydrogen-bond acceptors (Lipinski definition) is 3. The molecule has 1 aromatic carbocycles. The number of Topliss-reactive ketones (excluding diaryl/α,β-unsaturated/α-hetero) is 1. The Bertz CT molecular complexity index is 435. The highest BCUT2D eigenvalue weighted by atomic mass is 79.9. The summed E-state index contributed by atoms with van der Waals surface area (Å²) in [5, 5.41) is 0.173. The lowest BCUT2D eigenvalue weighted by molar-refractivity contribution is -0.275. The van der Waals surface area contributed by atoms with E-state index in [0.717, 1.165) is 11.8 Å². The summed E-state index contributed by atoms with van der Waals surface area (Å²) in [5.41, 5.74) is 0.497. The maximum Gasteiger partial charge on any atom is 0.573 e. The van der Waals surface area contributed by atoms with Gasteiger partial charge in [-0.2, -0.15) is 0 Å². The Morgan fingerprint density at radius 2 is 2.11 bits per heavy atom. The molecule has 0 spiro atoms. The molecule has 1 rings (SSSR count). The lowest BCUT2D eigenvalue weighted by Gasteiger charge is -2.13. The largest absolute Gasteiger partial charge is 0.573 e. The van der Waals surface area contributed by atoms with Gasteiger partial charge in [-0.1, -0.05) is 22.0 Å². The van der Waals surface area contributed by atoms with Crippen LogP contribution in [-0.2, 0) is 11.2 Å². The number of thioether (sulfide) groups is 1. The van der Waals surface area contributed by atoms with Crippen LogP contribution in [-0.4, -0.2) is 23.7 Å². The van der Waals surface area contributed by atoms with Crippen molar-refractivity contribution in [2.75, 3.05) is 11.6 Å². The van der Waals surface area contributed by atoms with Crippen LogP contribution in [0.2, 0.25) is 0 Å². The van der Waals surface area contributed by atoms with E-state index in [0.29, 0.717) is 10.5 Å². The first-order valence-electron chi connectivity index (χ1n) is 4.86. The van der Waals surface area contributed by atoms with Crippen molar-refractivity contribution in [3.8, 4) is 5.75 Å². The van der Waals surface area contributed by atoms with E-state index in [1.54, 1.807) is 12.3 Å². The molecule has 0 atom stereocenters.